The van der Waals surface area contributed by atoms with Crippen molar-refractivity contribution in [2.24, 2.45) is 0 Å². The first-order chi connectivity index (χ1) is 14.9. The summed E-state index contributed by atoms with van der Waals surface area (Å²) in [6.07, 6.45) is 0.735. The number of aliphatic hydroxyl groups is 1. The minimum absolute atomic E-state index is 0.0239. The number of nitrogens with zero attached hydrogens (tertiary/aromatic N) is 1. The summed E-state index contributed by atoms with van der Waals surface area (Å²) in [5, 5.41) is 10.9. The van der Waals surface area contributed by atoms with Crippen molar-refractivity contribution in [3.8, 4) is 5.75 Å². The molecule has 0 radical (unpaired) electrons. The molecule has 3 rings (SSSR count). The molecular formula is C24H31NO6S. The van der Waals surface area contributed by atoms with Crippen molar-refractivity contribution < 1.29 is 27.8 Å². The van der Waals surface area contributed by atoms with Gasteiger partial charge in [0, 0.05) is 6.54 Å². The molecule has 8 heteroatoms. The Balaban J connectivity index is 1.82. The van der Waals surface area contributed by atoms with Gasteiger partial charge in [-0.3, -0.25) is 4.79 Å². The van der Waals surface area contributed by atoms with Gasteiger partial charge in [0.1, 0.15) is 18.0 Å². The molecule has 2 atom stereocenters. The molecular weight excluding hydrogens is 430 g/mol. The monoisotopic (exact) mass is 461 g/mol. The van der Waals surface area contributed by atoms with Crippen molar-refractivity contribution in [1.82, 2.24) is 4.31 Å². The number of carbonyl (C=O) groups is 1. The molecule has 2 aromatic rings. The molecule has 1 heterocycles. The Morgan fingerprint density at radius 3 is 2.34 bits per heavy atom. The zero-order valence-corrected chi connectivity index (χ0v) is 19.8. The Morgan fingerprint density at radius 1 is 1.12 bits per heavy atom. The van der Waals surface area contributed by atoms with Crippen molar-refractivity contribution in [2.45, 2.75) is 69.3 Å². The number of ether oxygens (including phenoxy) is 2. The van der Waals surface area contributed by atoms with E-state index in [4.69, 9.17) is 9.47 Å². The molecule has 174 valence electrons. The van der Waals surface area contributed by atoms with Gasteiger partial charge in [-0.15, -0.1) is 0 Å². The van der Waals surface area contributed by atoms with E-state index >= 15 is 0 Å². The first-order valence-electron chi connectivity index (χ1n) is 10.6. The number of benzene rings is 2. The number of carbonyl (C=O) groups excluding carboxylic acids is 1. The van der Waals surface area contributed by atoms with Crippen molar-refractivity contribution >= 4 is 16.0 Å². The third-order valence-electron chi connectivity index (χ3n) is 5.25. The fourth-order valence-electron chi connectivity index (χ4n) is 3.74. The Morgan fingerprint density at radius 2 is 1.75 bits per heavy atom. The Hall–Kier alpha value is -2.42. The van der Waals surface area contributed by atoms with E-state index in [0.717, 1.165) is 9.87 Å². The first kappa shape index (κ1) is 24.2. The number of piperidine rings is 1. The number of sulfonamides is 1. The highest BCUT2D eigenvalue weighted by Crippen LogP contribution is 2.34. The molecule has 0 aliphatic carbocycles. The summed E-state index contributed by atoms with van der Waals surface area (Å²) >= 11 is 0. The average molecular weight is 462 g/mol. The van der Waals surface area contributed by atoms with Gasteiger partial charge in [0.15, 0.2) is 6.04 Å². The van der Waals surface area contributed by atoms with Gasteiger partial charge in [-0.25, -0.2) is 8.42 Å². The van der Waals surface area contributed by atoms with Crippen LogP contribution in [0.15, 0.2) is 59.5 Å². The Labute approximate surface area is 190 Å². The first-order valence-corrected chi connectivity index (χ1v) is 12.1. The largest absolute Gasteiger partial charge is 0.489 e. The maximum absolute atomic E-state index is 13.4. The molecule has 0 amide bonds. The summed E-state index contributed by atoms with van der Waals surface area (Å²) in [4.78, 5) is 12.9. The van der Waals surface area contributed by atoms with Crippen LogP contribution >= 0.6 is 0 Å². The normalized spacial score (nSPS) is 22.3. The van der Waals surface area contributed by atoms with E-state index in [0.29, 0.717) is 25.2 Å². The lowest BCUT2D eigenvalue weighted by Gasteiger charge is -2.43. The molecule has 0 aromatic heterocycles. The summed E-state index contributed by atoms with van der Waals surface area (Å²) in [6, 6.07) is 14.4. The van der Waals surface area contributed by atoms with Crippen LogP contribution in [0.25, 0.3) is 0 Å². The van der Waals surface area contributed by atoms with Crippen LogP contribution in [-0.4, -0.2) is 47.6 Å². The van der Waals surface area contributed by atoms with E-state index in [9.17, 15) is 18.3 Å². The van der Waals surface area contributed by atoms with Crippen LogP contribution in [0, 0.1) is 0 Å². The molecule has 1 aliphatic rings. The van der Waals surface area contributed by atoms with Crippen LogP contribution in [0.3, 0.4) is 0 Å². The Bertz CT molecular complexity index is 1030. The van der Waals surface area contributed by atoms with Gasteiger partial charge in [-0.05, 0) is 70.4 Å². The molecule has 0 saturated carbocycles. The highest BCUT2D eigenvalue weighted by Gasteiger charge is 2.50. The summed E-state index contributed by atoms with van der Waals surface area (Å²) < 4.78 is 39.1. The van der Waals surface area contributed by atoms with Crippen LogP contribution in [0.4, 0.5) is 0 Å². The molecule has 0 unspecified atom stereocenters. The molecule has 0 bridgehead atoms. The van der Waals surface area contributed by atoms with Gasteiger partial charge >= 0.3 is 5.97 Å². The average Bonchev–Trinajstić information content (AvgIpc) is 2.71. The third kappa shape index (κ3) is 5.68. The number of rotatable bonds is 6. The second kappa shape index (κ2) is 9.21. The Kier molecular flexibility index (Phi) is 6.97. The highest BCUT2D eigenvalue weighted by molar-refractivity contribution is 7.89. The summed E-state index contributed by atoms with van der Waals surface area (Å²) in [5.74, 6) is -0.226. The van der Waals surface area contributed by atoms with E-state index in [2.05, 4.69) is 0 Å². The lowest BCUT2D eigenvalue weighted by atomic mass is 9.87. The van der Waals surface area contributed by atoms with E-state index in [-0.39, 0.29) is 11.4 Å². The van der Waals surface area contributed by atoms with Gasteiger partial charge in [0.25, 0.3) is 0 Å². The minimum atomic E-state index is -4.05. The molecule has 32 heavy (non-hydrogen) atoms. The van der Waals surface area contributed by atoms with E-state index in [1.807, 2.05) is 30.3 Å². The lowest BCUT2D eigenvalue weighted by molar-refractivity contribution is -0.171. The second-order valence-electron chi connectivity index (χ2n) is 9.26. The van der Waals surface area contributed by atoms with Crippen molar-refractivity contribution in [2.75, 3.05) is 6.54 Å². The lowest BCUT2D eigenvalue weighted by Crippen LogP contribution is -2.61. The minimum Gasteiger partial charge on any atom is -0.489 e. The molecule has 1 saturated heterocycles. The summed E-state index contributed by atoms with van der Waals surface area (Å²) in [7, 11) is -4.05. The van der Waals surface area contributed by atoms with Crippen LogP contribution in [0.2, 0.25) is 0 Å². The zero-order chi connectivity index (χ0) is 23.6. The third-order valence-corrected chi connectivity index (χ3v) is 7.13. The predicted octanol–water partition coefficient (Wildman–Crippen LogP) is 3.51. The van der Waals surface area contributed by atoms with Crippen LogP contribution in [0.5, 0.6) is 5.75 Å². The van der Waals surface area contributed by atoms with E-state index < -0.39 is 33.2 Å². The van der Waals surface area contributed by atoms with Crippen molar-refractivity contribution in [1.29, 1.82) is 0 Å². The van der Waals surface area contributed by atoms with Crippen LogP contribution in [-0.2, 0) is 26.2 Å². The standard InChI is InChI=1S/C24H31NO6S/c1-23(2,3)31-22(26)21-24(4,27)15-8-16-25(21)32(28,29)20-13-11-19(12-14-20)30-17-18-9-6-5-7-10-18/h5-7,9-14,21,27H,8,15-17H2,1-4H3/t21-,24+/m1/s1. The SMILES string of the molecule is CC(C)(C)OC(=O)[C@H]1N(S(=O)(=O)c2ccc(OCc3ccccc3)cc2)CCC[C@]1(C)O. The van der Waals surface area contributed by atoms with Crippen molar-refractivity contribution in [3.63, 3.8) is 0 Å². The van der Waals surface area contributed by atoms with Crippen LogP contribution in [0.1, 0.15) is 46.1 Å². The molecule has 0 spiro atoms. The number of esters is 1. The maximum Gasteiger partial charge on any atom is 0.327 e. The van der Waals surface area contributed by atoms with E-state index in [1.165, 1.54) is 19.1 Å². The smallest absolute Gasteiger partial charge is 0.327 e. The van der Waals surface area contributed by atoms with Crippen molar-refractivity contribution in [3.05, 3.63) is 60.2 Å². The van der Waals surface area contributed by atoms with Crippen LogP contribution < -0.4 is 4.74 Å². The molecule has 1 aliphatic heterocycles. The fourth-order valence-corrected chi connectivity index (χ4v) is 5.45. The summed E-state index contributed by atoms with van der Waals surface area (Å²) in [5.41, 5.74) is -1.34. The highest BCUT2D eigenvalue weighted by atomic mass is 32.2. The van der Waals surface area contributed by atoms with Gasteiger partial charge < -0.3 is 14.6 Å². The molecule has 2 aromatic carbocycles. The van der Waals surface area contributed by atoms with Gasteiger partial charge in [0.2, 0.25) is 10.0 Å². The molecule has 1 N–H and O–H groups in total. The second-order valence-corrected chi connectivity index (χ2v) is 11.1. The van der Waals surface area contributed by atoms with E-state index in [1.54, 1.807) is 32.9 Å². The fraction of sp³-hybridized carbons (Fsp3) is 0.458. The maximum atomic E-state index is 13.4. The van der Waals surface area contributed by atoms with Gasteiger partial charge in [0.05, 0.1) is 10.5 Å². The number of hydrogen-bond donors (Lipinski definition) is 1. The molecule has 7 nitrogen and oxygen atoms in total. The zero-order valence-electron chi connectivity index (χ0n) is 18.9. The quantitative estimate of drug-likeness (QED) is 0.662. The number of hydrogen-bond acceptors (Lipinski definition) is 6. The topological polar surface area (TPSA) is 93.1 Å². The predicted molar refractivity (Wildman–Crippen MR) is 121 cm³/mol. The van der Waals surface area contributed by atoms with Gasteiger partial charge in [-0.1, -0.05) is 30.3 Å². The molecule has 1 fully saturated rings. The summed E-state index contributed by atoms with van der Waals surface area (Å²) in [6.45, 7) is 7.07. The van der Waals surface area contributed by atoms with Gasteiger partial charge in [-0.2, -0.15) is 4.31 Å².